The number of carbonyl (C=O) groups excluding carboxylic acids is 2. The van der Waals surface area contributed by atoms with Gasteiger partial charge in [0, 0.05) is 6.42 Å². The zero-order valence-corrected chi connectivity index (χ0v) is 10.0. The van der Waals surface area contributed by atoms with Crippen LogP contribution in [0.2, 0.25) is 0 Å². The van der Waals surface area contributed by atoms with Gasteiger partial charge in [0.2, 0.25) is 6.10 Å². The van der Waals surface area contributed by atoms with Crippen LogP contribution < -0.4 is 0 Å². The standard InChI is InChI=1S/C12H18O4/c1-4-11(2,3)10(14)15-8-7-12(5-6-12)16-9(8)13/h8H,4-7H2,1-3H3. The molecule has 0 aromatic heterocycles. The van der Waals surface area contributed by atoms with Crippen LogP contribution in [0.5, 0.6) is 0 Å². The Morgan fingerprint density at radius 3 is 2.62 bits per heavy atom. The maximum atomic E-state index is 11.8. The Balaban J connectivity index is 1.95. The lowest BCUT2D eigenvalue weighted by molar-refractivity contribution is -0.167. The van der Waals surface area contributed by atoms with Crippen LogP contribution in [0.1, 0.15) is 46.5 Å². The van der Waals surface area contributed by atoms with Crippen LogP contribution in [-0.4, -0.2) is 23.6 Å². The average molecular weight is 226 g/mol. The quantitative estimate of drug-likeness (QED) is 0.689. The van der Waals surface area contributed by atoms with Gasteiger partial charge in [-0.25, -0.2) is 4.79 Å². The van der Waals surface area contributed by atoms with E-state index in [0.717, 1.165) is 12.8 Å². The Hall–Kier alpha value is -1.06. The van der Waals surface area contributed by atoms with Crippen molar-refractivity contribution < 1.29 is 19.1 Å². The number of esters is 2. The average Bonchev–Trinajstić information content (AvgIpc) is 2.88. The molecule has 90 valence electrons. The van der Waals surface area contributed by atoms with Gasteiger partial charge in [-0.1, -0.05) is 6.92 Å². The molecule has 1 unspecified atom stereocenters. The molecule has 1 heterocycles. The molecule has 4 nitrogen and oxygen atoms in total. The van der Waals surface area contributed by atoms with Crippen LogP contribution in [0.3, 0.4) is 0 Å². The highest BCUT2D eigenvalue weighted by atomic mass is 16.6. The van der Waals surface area contributed by atoms with Gasteiger partial charge in [0.05, 0.1) is 5.41 Å². The Labute approximate surface area is 95.3 Å². The molecule has 16 heavy (non-hydrogen) atoms. The largest absolute Gasteiger partial charge is 0.456 e. The van der Waals surface area contributed by atoms with Gasteiger partial charge in [0.15, 0.2) is 0 Å². The van der Waals surface area contributed by atoms with Gasteiger partial charge in [-0.15, -0.1) is 0 Å². The van der Waals surface area contributed by atoms with E-state index in [2.05, 4.69) is 0 Å². The molecular formula is C12H18O4. The van der Waals surface area contributed by atoms with Crippen molar-refractivity contribution in [3.8, 4) is 0 Å². The molecule has 1 aliphatic carbocycles. The monoisotopic (exact) mass is 226 g/mol. The van der Waals surface area contributed by atoms with E-state index in [1.807, 2.05) is 20.8 Å². The third-order valence-electron chi connectivity index (χ3n) is 3.63. The smallest absolute Gasteiger partial charge is 0.348 e. The summed E-state index contributed by atoms with van der Waals surface area (Å²) in [6.45, 7) is 5.57. The minimum absolute atomic E-state index is 0.279. The minimum Gasteiger partial charge on any atom is -0.456 e. The van der Waals surface area contributed by atoms with Crippen LogP contribution in [0, 0.1) is 5.41 Å². The normalized spacial score (nSPS) is 26.7. The summed E-state index contributed by atoms with van der Waals surface area (Å²) in [6, 6.07) is 0. The van der Waals surface area contributed by atoms with E-state index in [1.54, 1.807) is 0 Å². The molecule has 0 aromatic carbocycles. The summed E-state index contributed by atoms with van der Waals surface area (Å²) in [7, 11) is 0. The fourth-order valence-electron chi connectivity index (χ4n) is 1.71. The molecule has 0 amide bonds. The predicted octanol–water partition coefficient (Wildman–Crippen LogP) is 1.81. The fraction of sp³-hybridized carbons (Fsp3) is 0.833. The lowest BCUT2D eigenvalue weighted by Crippen LogP contribution is -2.32. The van der Waals surface area contributed by atoms with Gasteiger partial charge in [-0.2, -0.15) is 0 Å². The first-order valence-electron chi connectivity index (χ1n) is 5.82. The van der Waals surface area contributed by atoms with E-state index < -0.39 is 11.5 Å². The maximum Gasteiger partial charge on any atom is 0.348 e. The molecule has 4 heteroatoms. The van der Waals surface area contributed by atoms with Crippen molar-refractivity contribution in [3.63, 3.8) is 0 Å². The van der Waals surface area contributed by atoms with Gasteiger partial charge >= 0.3 is 11.9 Å². The van der Waals surface area contributed by atoms with Gasteiger partial charge in [0.1, 0.15) is 5.60 Å². The topological polar surface area (TPSA) is 52.6 Å². The summed E-state index contributed by atoms with van der Waals surface area (Å²) < 4.78 is 10.4. The third kappa shape index (κ3) is 1.93. The summed E-state index contributed by atoms with van der Waals surface area (Å²) >= 11 is 0. The van der Waals surface area contributed by atoms with Crippen molar-refractivity contribution in [2.45, 2.75) is 58.2 Å². The summed E-state index contributed by atoms with van der Waals surface area (Å²) in [5, 5.41) is 0. The van der Waals surface area contributed by atoms with Crippen LogP contribution in [0.25, 0.3) is 0 Å². The molecule has 0 radical (unpaired) electrons. The predicted molar refractivity (Wildman–Crippen MR) is 56.6 cm³/mol. The van der Waals surface area contributed by atoms with Crippen LogP contribution in [0.15, 0.2) is 0 Å². The first-order valence-corrected chi connectivity index (χ1v) is 5.82. The van der Waals surface area contributed by atoms with Gasteiger partial charge < -0.3 is 9.47 Å². The molecule has 1 spiro atoms. The second kappa shape index (κ2) is 3.47. The second-order valence-electron chi connectivity index (χ2n) is 5.44. The molecule has 1 saturated carbocycles. The number of hydrogen-bond acceptors (Lipinski definition) is 4. The summed E-state index contributed by atoms with van der Waals surface area (Å²) in [5.41, 5.74) is -0.808. The van der Waals surface area contributed by atoms with Crippen LogP contribution in [-0.2, 0) is 19.1 Å². The van der Waals surface area contributed by atoms with Crippen molar-refractivity contribution >= 4 is 11.9 Å². The number of ether oxygens (including phenoxy) is 2. The molecular weight excluding hydrogens is 208 g/mol. The first kappa shape index (κ1) is 11.4. The number of hydrogen-bond donors (Lipinski definition) is 0. The molecule has 0 bridgehead atoms. The van der Waals surface area contributed by atoms with Crippen LogP contribution >= 0.6 is 0 Å². The van der Waals surface area contributed by atoms with E-state index in [1.165, 1.54) is 0 Å². The summed E-state index contributed by atoms with van der Waals surface area (Å²) in [4.78, 5) is 23.3. The molecule has 1 atom stereocenters. The Morgan fingerprint density at radius 1 is 1.56 bits per heavy atom. The molecule has 1 saturated heterocycles. The van der Waals surface area contributed by atoms with Crippen molar-refractivity contribution in [3.05, 3.63) is 0 Å². The highest BCUT2D eigenvalue weighted by Gasteiger charge is 2.57. The SMILES string of the molecule is CCC(C)(C)C(=O)OC1CC2(CC2)OC1=O. The Kier molecular flexibility index (Phi) is 2.48. The van der Waals surface area contributed by atoms with Crippen molar-refractivity contribution in [1.29, 1.82) is 0 Å². The fourth-order valence-corrected chi connectivity index (χ4v) is 1.71. The van der Waals surface area contributed by atoms with E-state index in [4.69, 9.17) is 9.47 Å². The maximum absolute atomic E-state index is 11.8. The number of rotatable bonds is 3. The first-order chi connectivity index (χ1) is 7.38. The van der Waals surface area contributed by atoms with Crippen molar-refractivity contribution in [2.24, 2.45) is 5.41 Å². The lowest BCUT2D eigenvalue weighted by atomic mass is 9.90. The summed E-state index contributed by atoms with van der Waals surface area (Å²) in [6.07, 6.45) is 2.37. The van der Waals surface area contributed by atoms with Crippen molar-refractivity contribution in [2.75, 3.05) is 0 Å². The summed E-state index contributed by atoms with van der Waals surface area (Å²) in [5.74, 6) is -0.688. The molecule has 0 N–H and O–H groups in total. The molecule has 2 rings (SSSR count). The molecule has 0 aromatic rings. The lowest BCUT2D eigenvalue weighted by Gasteiger charge is -2.21. The second-order valence-corrected chi connectivity index (χ2v) is 5.44. The highest BCUT2D eigenvalue weighted by molar-refractivity contribution is 5.83. The van der Waals surface area contributed by atoms with Gasteiger partial charge in [-0.05, 0) is 33.1 Å². The Morgan fingerprint density at radius 2 is 2.19 bits per heavy atom. The number of carbonyl (C=O) groups is 2. The molecule has 2 aliphatic rings. The van der Waals surface area contributed by atoms with Gasteiger partial charge in [0.25, 0.3) is 0 Å². The van der Waals surface area contributed by atoms with Gasteiger partial charge in [-0.3, -0.25) is 4.79 Å². The Bertz CT molecular complexity index is 328. The zero-order chi connectivity index (χ0) is 12.0. The van der Waals surface area contributed by atoms with E-state index in [0.29, 0.717) is 12.8 Å². The van der Waals surface area contributed by atoms with E-state index in [9.17, 15) is 9.59 Å². The molecule has 2 fully saturated rings. The van der Waals surface area contributed by atoms with E-state index in [-0.39, 0.29) is 17.5 Å². The van der Waals surface area contributed by atoms with Crippen LogP contribution in [0.4, 0.5) is 0 Å². The highest BCUT2D eigenvalue weighted by Crippen LogP contribution is 2.48. The molecule has 1 aliphatic heterocycles. The minimum atomic E-state index is -0.680. The third-order valence-corrected chi connectivity index (χ3v) is 3.63. The van der Waals surface area contributed by atoms with E-state index >= 15 is 0 Å². The zero-order valence-electron chi connectivity index (χ0n) is 10.0. The van der Waals surface area contributed by atoms with Crippen molar-refractivity contribution in [1.82, 2.24) is 0 Å².